The number of nitrogens with zero attached hydrogens (tertiary/aromatic N) is 1. The largest absolute Gasteiger partial charge is 0.377 e. The van der Waals surface area contributed by atoms with Crippen molar-refractivity contribution in [1.29, 1.82) is 0 Å². The molecule has 0 unspecified atom stereocenters. The molecule has 0 aliphatic rings. The lowest BCUT2D eigenvalue weighted by atomic mass is 10.2. The van der Waals surface area contributed by atoms with Gasteiger partial charge in [-0.2, -0.15) is 0 Å². The molecule has 0 saturated heterocycles. The second-order valence-electron chi connectivity index (χ2n) is 5.52. The summed E-state index contributed by atoms with van der Waals surface area (Å²) >= 11 is 0. The second kappa shape index (κ2) is 11.1. The molecule has 0 aromatic heterocycles. The van der Waals surface area contributed by atoms with Crippen LogP contribution in [0.4, 0.5) is 0 Å². The monoisotopic (exact) mass is 291 g/mol. The molecule has 0 radical (unpaired) electrons. The van der Waals surface area contributed by atoms with Crippen LogP contribution in [0.5, 0.6) is 0 Å². The molecule has 0 heterocycles. The van der Waals surface area contributed by atoms with Crippen LogP contribution in [0.25, 0.3) is 0 Å². The number of hydrogen-bond acceptors (Lipinski definition) is 2. The Morgan fingerprint density at radius 2 is 1.90 bits per heavy atom. The average Bonchev–Trinajstić information content (AvgIpc) is 2.50. The van der Waals surface area contributed by atoms with Crippen LogP contribution in [0, 0.1) is 5.92 Å². The molecule has 1 rings (SSSR count). The summed E-state index contributed by atoms with van der Waals surface area (Å²) in [5.41, 5.74) is 1.23. The first kappa shape index (κ1) is 17.5. The predicted octanol–water partition coefficient (Wildman–Crippen LogP) is 2.80. The van der Waals surface area contributed by atoms with Crippen molar-refractivity contribution in [2.24, 2.45) is 10.9 Å². The molecule has 4 heteroatoms. The Bertz CT molecular complexity index is 390. The van der Waals surface area contributed by atoms with Crippen LogP contribution in [0.15, 0.2) is 35.3 Å². The maximum Gasteiger partial charge on any atom is 0.190 e. The highest BCUT2D eigenvalue weighted by Crippen LogP contribution is 2.01. The summed E-state index contributed by atoms with van der Waals surface area (Å²) in [7, 11) is 1.80. The lowest BCUT2D eigenvalue weighted by Crippen LogP contribution is -2.39. The fourth-order valence-corrected chi connectivity index (χ4v) is 1.82. The molecule has 0 atom stereocenters. The highest BCUT2D eigenvalue weighted by atomic mass is 16.5. The van der Waals surface area contributed by atoms with Gasteiger partial charge in [0, 0.05) is 26.7 Å². The van der Waals surface area contributed by atoms with Gasteiger partial charge in [0.25, 0.3) is 0 Å². The van der Waals surface area contributed by atoms with Crippen LogP contribution in [0.1, 0.15) is 32.3 Å². The third-order valence-electron chi connectivity index (χ3n) is 3.02. The average molecular weight is 291 g/mol. The van der Waals surface area contributed by atoms with E-state index < -0.39 is 0 Å². The normalized spacial score (nSPS) is 11.7. The summed E-state index contributed by atoms with van der Waals surface area (Å²) in [5.74, 6) is 1.50. The molecule has 1 aromatic rings. The molecule has 4 nitrogen and oxygen atoms in total. The quantitative estimate of drug-likeness (QED) is 0.418. The molecule has 21 heavy (non-hydrogen) atoms. The fourth-order valence-electron chi connectivity index (χ4n) is 1.82. The zero-order valence-corrected chi connectivity index (χ0v) is 13.6. The van der Waals surface area contributed by atoms with E-state index in [1.807, 2.05) is 18.2 Å². The van der Waals surface area contributed by atoms with Crippen LogP contribution in [-0.2, 0) is 11.3 Å². The minimum atomic E-state index is 0.620. The van der Waals surface area contributed by atoms with Gasteiger partial charge >= 0.3 is 0 Å². The summed E-state index contributed by atoms with van der Waals surface area (Å²) in [6.45, 7) is 7.74. The SMILES string of the molecule is CN=C(NCCCCOCc1ccccc1)NCC(C)C. The maximum atomic E-state index is 5.66. The van der Waals surface area contributed by atoms with E-state index in [0.29, 0.717) is 12.5 Å². The third kappa shape index (κ3) is 9.08. The highest BCUT2D eigenvalue weighted by Gasteiger charge is 1.98. The van der Waals surface area contributed by atoms with E-state index >= 15 is 0 Å². The first-order chi connectivity index (χ1) is 10.2. The van der Waals surface area contributed by atoms with Crippen molar-refractivity contribution in [1.82, 2.24) is 10.6 Å². The molecule has 0 aliphatic carbocycles. The van der Waals surface area contributed by atoms with E-state index in [0.717, 1.165) is 38.5 Å². The number of nitrogens with one attached hydrogen (secondary N) is 2. The molecule has 0 saturated carbocycles. The summed E-state index contributed by atoms with van der Waals surface area (Å²) in [6, 6.07) is 10.3. The summed E-state index contributed by atoms with van der Waals surface area (Å²) in [4.78, 5) is 4.20. The molecule has 0 bridgehead atoms. The van der Waals surface area contributed by atoms with E-state index in [1.165, 1.54) is 5.56 Å². The number of rotatable bonds is 9. The minimum Gasteiger partial charge on any atom is -0.377 e. The zero-order valence-electron chi connectivity index (χ0n) is 13.6. The third-order valence-corrected chi connectivity index (χ3v) is 3.02. The molecular weight excluding hydrogens is 262 g/mol. The molecule has 0 aliphatic heterocycles. The Kier molecular flexibility index (Phi) is 9.29. The molecule has 0 amide bonds. The van der Waals surface area contributed by atoms with Gasteiger partial charge in [0.15, 0.2) is 5.96 Å². The Morgan fingerprint density at radius 3 is 2.57 bits per heavy atom. The van der Waals surface area contributed by atoms with Gasteiger partial charge in [-0.05, 0) is 24.3 Å². The molecule has 0 fully saturated rings. The molecule has 1 aromatic carbocycles. The van der Waals surface area contributed by atoms with Gasteiger partial charge in [-0.1, -0.05) is 44.2 Å². The van der Waals surface area contributed by atoms with Gasteiger partial charge < -0.3 is 15.4 Å². The second-order valence-corrected chi connectivity index (χ2v) is 5.52. The zero-order chi connectivity index (χ0) is 15.3. The molecular formula is C17H29N3O. The standard InChI is InChI=1S/C17H29N3O/c1-15(2)13-20-17(18-3)19-11-7-8-12-21-14-16-9-5-4-6-10-16/h4-6,9-10,15H,7-8,11-14H2,1-3H3,(H2,18,19,20). The van der Waals surface area contributed by atoms with Crippen LogP contribution >= 0.6 is 0 Å². The number of guanidine groups is 1. The summed E-state index contributed by atoms with van der Waals surface area (Å²) < 4.78 is 5.66. The van der Waals surface area contributed by atoms with Crippen molar-refractivity contribution in [3.8, 4) is 0 Å². The van der Waals surface area contributed by atoms with Crippen LogP contribution < -0.4 is 10.6 Å². The van der Waals surface area contributed by atoms with Crippen molar-refractivity contribution in [3.63, 3.8) is 0 Å². The van der Waals surface area contributed by atoms with Crippen LogP contribution in [0.2, 0.25) is 0 Å². The number of hydrogen-bond donors (Lipinski definition) is 2. The molecule has 2 N–H and O–H groups in total. The van der Waals surface area contributed by atoms with Gasteiger partial charge in [-0.15, -0.1) is 0 Å². The molecule has 118 valence electrons. The van der Waals surface area contributed by atoms with Gasteiger partial charge in [-0.25, -0.2) is 0 Å². The first-order valence-corrected chi connectivity index (χ1v) is 7.78. The predicted molar refractivity (Wildman–Crippen MR) is 89.5 cm³/mol. The van der Waals surface area contributed by atoms with Crippen molar-refractivity contribution in [2.45, 2.75) is 33.3 Å². The molecule has 0 spiro atoms. The summed E-state index contributed by atoms with van der Waals surface area (Å²) in [6.07, 6.45) is 2.14. The van der Waals surface area contributed by atoms with Crippen molar-refractivity contribution >= 4 is 5.96 Å². The van der Waals surface area contributed by atoms with Crippen LogP contribution in [0.3, 0.4) is 0 Å². The van der Waals surface area contributed by atoms with Crippen molar-refractivity contribution < 1.29 is 4.74 Å². The topological polar surface area (TPSA) is 45.7 Å². The number of ether oxygens (including phenoxy) is 1. The Labute approximate surface area is 129 Å². The van der Waals surface area contributed by atoms with Crippen molar-refractivity contribution in [2.75, 3.05) is 26.7 Å². The van der Waals surface area contributed by atoms with E-state index in [4.69, 9.17) is 4.74 Å². The number of unbranched alkanes of at least 4 members (excludes halogenated alkanes) is 1. The van der Waals surface area contributed by atoms with E-state index in [-0.39, 0.29) is 0 Å². The highest BCUT2D eigenvalue weighted by molar-refractivity contribution is 5.79. The lowest BCUT2D eigenvalue weighted by molar-refractivity contribution is 0.117. The van der Waals surface area contributed by atoms with Gasteiger partial charge in [0.2, 0.25) is 0 Å². The Hall–Kier alpha value is -1.55. The Morgan fingerprint density at radius 1 is 1.14 bits per heavy atom. The smallest absolute Gasteiger partial charge is 0.190 e. The van der Waals surface area contributed by atoms with E-state index in [9.17, 15) is 0 Å². The summed E-state index contributed by atoms with van der Waals surface area (Å²) in [5, 5.41) is 6.62. The maximum absolute atomic E-state index is 5.66. The van der Waals surface area contributed by atoms with Crippen LogP contribution in [-0.4, -0.2) is 32.7 Å². The van der Waals surface area contributed by atoms with Gasteiger partial charge in [-0.3, -0.25) is 4.99 Å². The lowest BCUT2D eigenvalue weighted by Gasteiger charge is -2.13. The Balaban J connectivity index is 1.99. The fraction of sp³-hybridized carbons (Fsp3) is 0.588. The van der Waals surface area contributed by atoms with E-state index in [2.05, 4.69) is 41.6 Å². The van der Waals surface area contributed by atoms with E-state index in [1.54, 1.807) is 7.05 Å². The number of benzene rings is 1. The van der Waals surface area contributed by atoms with Crippen molar-refractivity contribution in [3.05, 3.63) is 35.9 Å². The first-order valence-electron chi connectivity index (χ1n) is 7.78. The number of aliphatic imine (C=N–C) groups is 1. The minimum absolute atomic E-state index is 0.620. The van der Waals surface area contributed by atoms with Gasteiger partial charge in [0.05, 0.1) is 6.61 Å². The van der Waals surface area contributed by atoms with Gasteiger partial charge in [0.1, 0.15) is 0 Å².